The molecule has 0 fully saturated rings. The second kappa shape index (κ2) is 10.2. The maximum Gasteiger partial charge on any atom is 0.191 e. The van der Waals surface area contributed by atoms with Crippen molar-refractivity contribution in [1.29, 1.82) is 0 Å². The number of halogens is 2. The van der Waals surface area contributed by atoms with Gasteiger partial charge in [-0.3, -0.25) is 0 Å². The molecule has 0 amide bonds. The van der Waals surface area contributed by atoms with Crippen LogP contribution in [0.15, 0.2) is 59.7 Å². The highest BCUT2D eigenvalue weighted by Crippen LogP contribution is 2.19. The fraction of sp³-hybridized carbons (Fsp3) is 0.250. The Morgan fingerprint density at radius 1 is 1.12 bits per heavy atom. The van der Waals surface area contributed by atoms with Gasteiger partial charge in [-0.05, 0) is 42.7 Å². The maximum atomic E-state index is 13.4. The summed E-state index contributed by atoms with van der Waals surface area (Å²) < 4.78 is 13.4. The van der Waals surface area contributed by atoms with Gasteiger partial charge in [-0.2, -0.15) is 0 Å². The fourth-order valence-electron chi connectivity index (χ4n) is 2.77. The first-order chi connectivity index (χ1) is 12.3. The molecule has 0 unspecified atom stereocenters. The molecule has 1 aromatic heterocycles. The molecule has 0 aliphatic heterocycles. The summed E-state index contributed by atoms with van der Waals surface area (Å²) in [5.41, 5.74) is 3.23. The van der Waals surface area contributed by atoms with Gasteiger partial charge in [0.15, 0.2) is 5.96 Å². The van der Waals surface area contributed by atoms with Crippen molar-refractivity contribution in [2.24, 2.45) is 4.99 Å². The Morgan fingerprint density at radius 3 is 2.69 bits per heavy atom. The van der Waals surface area contributed by atoms with Crippen LogP contribution in [0, 0.1) is 5.82 Å². The molecule has 3 N–H and O–H groups in total. The third kappa shape index (κ3) is 5.45. The van der Waals surface area contributed by atoms with Crippen molar-refractivity contribution in [3.63, 3.8) is 0 Å². The summed E-state index contributed by atoms with van der Waals surface area (Å²) >= 11 is 0. The van der Waals surface area contributed by atoms with Gasteiger partial charge in [-0.25, -0.2) is 9.38 Å². The van der Waals surface area contributed by atoms with Gasteiger partial charge >= 0.3 is 0 Å². The summed E-state index contributed by atoms with van der Waals surface area (Å²) in [5, 5.41) is 7.53. The van der Waals surface area contributed by atoms with E-state index in [-0.39, 0.29) is 29.8 Å². The van der Waals surface area contributed by atoms with Crippen molar-refractivity contribution in [3.8, 4) is 0 Å². The zero-order valence-corrected chi connectivity index (χ0v) is 17.1. The van der Waals surface area contributed by atoms with Crippen LogP contribution in [0.25, 0.3) is 10.9 Å². The molecule has 0 bridgehead atoms. The van der Waals surface area contributed by atoms with Crippen LogP contribution in [-0.2, 0) is 13.0 Å². The number of nitrogens with one attached hydrogen (secondary N) is 3. The summed E-state index contributed by atoms with van der Waals surface area (Å²) in [6.07, 6.45) is 2.74. The molecule has 6 heteroatoms. The van der Waals surface area contributed by atoms with Crippen molar-refractivity contribution in [1.82, 2.24) is 15.6 Å². The van der Waals surface area contributed by atoms with Crippen molar-refractivity contribution in [3.05, 3.63) is 71.7 Å². The molecule has 4 nitrogen and oxygen atoms in total. The zero-order chi connectivity index (χ0) is 17.5. The van der Waals surface area contributed by atoms with Crippen LogP contribution < -0.4 is 10.6 Å². The molecule has 0 aliphatic rings. The number of rotatable bonds is 6. The number of guanidine groups is 1. The van der Waals surface area contributed by atoms with Gasteiger partial charge in [0.25, 0.3) is 0 Å². The molecule has 3 aromatic rings. The van der Waals surface area contributed by atoms with Crippen LogP contribution in [0.1, 0.15) is 18.1 Å². The number of aromatic nitrogens is 1. The predicted octanol–water partition coefficient (Wildman–Crippen LogP) is 4.22. The standard InChI is InChI=1S/C20H23FN4.HI/c1-2-22-20(25-13-15-6-4-3-5-7-15)23-11-10-16-14-24-19-9-8-17(21)12-18(16)19;/h3-9,12,14,24H,2,10-11,13H2,1H3,(H2,22,23,25);1H. The van der Waals surface area contributed by atoms with Crippen molar-refractivity contribution >= 4 is 40.8 Å². The molecule has 0 spiro atoms. The SMILES string of the molecule is CCNC(=NCc1ccccc1)NCCc1c[nH]c2ccc(F)cc12.I. The van der Waals surface area contributed by atoms with E-state index in [2.05, 4.69) is 32.7 Å². The second-order valence-electron chi connectivity index (χ2n) is 5.86. The summed E-state index contributed by atoms with van der Waals surface area (Å²) in [6, 6.07) is 15.0. The van der Waals surface area contributed by atoms with Gasteiger partial charge in [0.1, 0.15) is 5.82 Å². The lowest BCUT2D eigenvalue weighted by Gasteiger charge is -2.11. The molecule has 0 atom stereocenters. The Morgan fingerprint density at radius 2 is 1.92 bits per heavy atom. The lowest BCUT2D eigenvalue weighted by Crippen LogP contribution is -2.38. The highest BCUT2D eigenvalue weighted by Gasteiger charge is 2.05. The van der Waals surface area contributed by atoms with Gasteiger partial charge in [0.2, 0.25) is 0 Å². The second-order valence-corrected chi connectivity index (χ2v) is 5.86. The number of hydrogen-bond donors (Lipinski definition) is 3. The molecule has 26 heavy (non-hydrogen) atoms. The van der Waals surface area contributed by atoms with Crippen LogP contribution >= 0.6 is 24.0 Å². The van der Waals surface area contributed by atoms with Crippen molar-refractivity contribution < 1.29 is 4.39 Å². The zero-order valence-electron chi connectivity index (χ0n) is 14.8. The maximum absolute atomic E-state index is 13.4. The quantitative estimate of drug-likeness (QED) is 0.290. The molecular weight excluding hydrogens is 442 g/mol. The largest absolute Gasteiger partial charge is 0.361 e. The molecule has 2 aromatic carbocycles. The van der Waals surface area contributed by atoms with E-state index in [9.17, 15) is 4.39 Å². The van der Waals surface area contributed by atoms with Crippen LogP contribution in [0.2, 0.25) is 0 Å². The molecular formula is C20H24FIN4. The van der Waals surface area contributed by atoms with Crippen LogP contribution in [0.4, 0.5) is 4.39 Å². The Hall–Kier alpha value is -2.09. The van der Waals surface area contributed by atoms with E-state index in [1.54, 1.807) is 12.1 Å². The highest BCUT2D eigenvalue weighted by molar-refractivity contribution is 14.0. The van der Waals surface area contributed by atoms with Crippen molar-refractivity contribution in [2.45, 2.75) is 19.9 Å². The Labute approximate surface area is 170 Å². The predicted molar refractivity (Wildman–Crippen MR) is 117 cm³/mol. The molecule has 138 valence electrons. The number of aliphatic imine (C=N–C) groups is 1. The number of aromatic amines is 1. The first kappa shape index (κ1) is 20.2. The number of hydrogen-bond acceptors (Lipinski definition) is 1. The third-order valence-electron chi connectivity index (χ3n) is 4.02. The van der Waals surface area contributed by atoms with E-state index in [0.29, 0.717) is 6.54 Å². The van der Waals surface area contributed by atoms with E-state index in [0.717, 1.165) is 41.9 Å². The van der Waals surface area contributed by atoms with E-state index in [1.807, 2.05) is 31.3 Å². The lowest BCUT2D eigenvalue weighted by molar-refractivity contribution is 0.629. The van der Waals surface area contributed by atoms with Gasteiger partial charge in [-0.1, -0.05) is 30.3 Å². The molecule has 0 saturated carbocycles. The summed E-state index contributed by atoms with van der Waals surface area (Å²) in [7, 11) is 0. The lowest BCUT2D eigenvalue weighted by atomic mass is 10.1. The monoisotopic (exact) mass is 466 g/mol. The first-order valence-electron chi connectivity index (χ1n) is 8.58. The van der Waals surface area contributed by atoms with Crippen LogP contribution in [0.5, 0.6) is 0 Å². The number of fused-ring (bicyclic) bond motifs is 1. The highest BCUT2D eigenvalue weighted by atomic mass is 127. The molecule has 1 heterocycles. The Balaban J connectivity index is 0.00000243. The van der Waals surface area contributed by atoms with Gasteiger partial charge in [-0.15, -0.1) is 24.0 Å². The minimum Gasteiger partial charge on any atom is -0.361 e. The minimum atomic E-state index is -0.209. The van der Waals surface area contributed by atoms with Gasteiger partial charge < -0.3 is 15.6 Å². The van der Waals surface area contributed by atoms with E-state index in [4.69, 9.17) is 0 Å². The molecule has 3 rings (SSSR count). The Bertz CT molecular complexity index is 845. The Kier molecular flexibility index (Phi) is 7.90. The molecule has 0 radical (unpaired) electrons. The summed E-state index contributed by atoms with van der Waals surface area (Å²) in [6.45, 7) is 4.21. The van der Waals surface area contributed by atoms with E-state index >= 15 is 0 Å². The van der Waals surface area contributed by atoms with E-state index in [1.165, 1.54) is 11.6 Å². The van der Waals surface area contributed by atoms with Gasteiger partial charge in [0.05, 0.1) is 6.54 Å². The average molecular weight is 466 g/mol. The minimum absolute atomic E-state index is 0. The van der Waals surface area contributed by atoms with Crippen LogP contribution in [-0.4, -0.2) is 24.0 Å². The van der Waals surface area contributed by atoms with Crippen molar-refractivity contribution in [2.75, 3.05) is 13.1 Å². The number of nitrogens with zero attached hydrogens (tertiary/aromatic N) is 1. The topological polar surface area (TPSA) is 52.2 Å². The summed E-state index contributed by atoms with van der Waals surface area (Å²) in [4.78, 5) is 7.79. The molecule has 0 aliphatic carbocycles. The smallest absolute Gasteiger partial charge is 0.191 e. The normalized spacial score (nSPS) is 11.2. The number of H-pyrrole nitrogens is 1. The van der Waals surface area contributed by atoms with E-state index < -0.39 is 0 Å². The third-order valence-corrected chi connectivity index (χ3v) is 4.02. The number of benzene rings is 2. The average Bonchev–Trinajstić information content (AvgIpc) is 3.03. The van der Waals surface area contributed by atoms with Crippen LogP contribution in [0.3, 0.4) is 0 Å². The van der Waals surface area contributed by atoms with Gasteiger partial charge in [0, 0.05) is 30.2 Å². The summed E-state index contributed by atoms with van der Waals surface area (Å²) in [5.74, 6) is 0.580. The molecule has 0 saturated heterocycles. The fourth-order valence-corrected chi connectivity index (χ4v) is 2.77. The first-order valence-corrected chi connectivity index (χ1v) is 8.58.